The van der Waals surface area contributed by atoms with Crippen molar-refractivity contribution in [3.63, 3.8) is 0 Å². The number of amides is 2. The van der Waals surface area contributed by atoms with Gasteiger partial charge in [0.1, 0.15) is 10.5 Å². The molecule has 2 amide bonds. The number of carbonyl (C=O) groups excluding carboxylic acids is 2. The Balaban J connectivity index is 1.43. The summed E-state index contributed by atoms with van der Waals surface area (Å²) in [5.74, 6) is 0.450. The van der Waals surface area contributed by atoms with Crippen LogP contribution in [0, 0.1) is 0 Å². The molecule has 0 atom stereocenters. The van der Waals surface area contributed by atoms with E-state index in [2.05, 4.69) is 15.3 Å². The first kappa shape index (κ1) is 21.2. The molecule has 3 heterocycles. The zero-order valence-corrected chi connectivity index (χ0v) is 18.4. The molecule has 1 aliphatic rings. The Morgan fingerprint density at radius 3 is 2.94 bits per heavy atom. The van der Waals surface area contributed by atoms with Crippen molar-refractivity contribution in [1.82, 2.24) is 14.9 Å². The van der Waals surface area contributed by atoms with Crippen molar-refractivity contribution in [3.05, 3.63) is 51.4 Å². The van der Waals surface area contributed by atoms with Gasteiger partial charge in [-0.25, -0.2) is 4.98 Å². The van der Waals surface area contributed by atoms with Gasteiger partial charge in [-0.3, -0.25) is 19.3 Å². The number of hydrogen-bond donors (Lipinski definition) is 2. The first-order valence-corrected chi connectivity index (χ1v) is 11.2. The van der Waals surface area contributed by atoms with Crippen LogP contribution in [-0.4, -0.2) is 46.3 Å². The van der Waals surface area contributed by atoms with Crippen molar-refractivity contribution < 1.29 is 9.59 Å². The minimum Gasteiger partial charge on any atom is -0.325 e. The van der Waals surface area contributed by atoms with Crippen molar-refractivity contribution in [2.45, 2.75) is 33.2 Å². The van der Waals surface area contributed by atoms with Gasteiger partial charge < -0.3 is 15.2 Å². The van der Waals surface area contributed by atoms with Gasteiger partial charge in [-0.05, 0) is 54.6 Å². The van der Waals surface area contributed by atoms with E-state index in [4.69, 9.17) is 0 Å². The van der Waals surface area contributed by atoms with E-state index in [1.165, 1.54) is 11.3 Å². The number of nitrogens with one attached hydrogen (secondary N) is 2. The van der Waals surface area contributed by atoms with Crippen molar-refractivity contribution in [1.29, 1.82) is 0 Å². The maximum atomic E-state index is 12.7. The fraction of sp³-hybridized carbons (Fsp3) is 0.364. The van der Waals surface area contributed by atoms with Crippen molar-refractivity contribution in [2.24, 2.45) is 0 Å². The lowest BCUT2D eigenvalue weighted by Crippen LogP contribution is -2.34. The molecule has 1 aromatic carbocycles. The molecule has 0 unspecified atom stereocenters. The van der Waals surface area contributed by atoms with Crippen molar-refractivity contribution >= 4 is 44.7 Å². The average Bonchev–Trinajstić information content (AvgIpc) is 3.34. The Labute approximate surface area is 183 Å². The number of rotatable bonds is 7. The summed E-state index contributed by atoms with van der Waals surface area (Å²) in [6.45, 7) is 5.56. The van der Waals surface area contributed by atoms with Crippen LogP contribution in [0.1, 0.15) is 31.7 Å². The smallest absolute Gasteiger partial charge is 0.268 e. The summed E-state index contributed by atoms with van der Waals surface area (Å²) in [6, 6.07) is 7.47. The third-order valence-corrected chi connectivity index (χ3v) is 6.19. The molecule has 8 nitrogen and oxygen atoms in total. The molecule has 3 aromatic rings. The molecule has 0 fully saturated rings. The van der Waals surface area contributed by atoms with Crippen LogP contribution in [0.4, 0.5) is 11.4 Å². The highest BCUT2D eigenvalue weighted by Crippen LogP contribution is 2.30. The molecule has 4 rings (SSSR count). The summed E-state index contributed by atoms with van der Waals surface area (Å²) in [5.41, 5.74) is 3.23. The normalized spacial score (nSPS) is 13.1. The average molecular weight is 440 g/mol. The van der Waals surface area contributed by atoms with Crippen molar-refractivity contribution in [2.75, 3.05) is 29.9 Å². The van der Waals surface area contributed by atoms with E-state index in [0.717, 1.165) is 29.8 Å². The molecule has 2 aromatic heterocycles. The van der Waals surface area contributed by atoms with E-state index in [9.17, 15) is 14.4 Å². The fourth-order valence-corrected chi connectivity index (χ4v) is 4.67. The molecule has 0 bridgehead atoms. The molecule has 0 aliphatic carbocycles. The van der Waals surface area contributed by atoms with Gasteiger partial charge in [0, 0.05) is 24.8 Å². The molecule has 1 aliphatic heterocycles. The zero-order valence-electron chi connectivity index (χ0n) is 17.6. The van der Waals surface area contributed by atoms with Crippen LogP contribution in [0.3, 0.4) is 0 Å². The minimum atomic E-state index is -0.145. The number of aromatic amines is 1. The number of thiophene rings is 1. The lowest BCUT2D eigenvalue weighted by atomic mass is 10.1. The maximum absolute atomic E-state index is 12.7. The van der Waals surface area contributed by atoms with Gasteiger partial charge in [0.25, 0.3) is 5.56 Å². The third kappa shape index (κ3) is 4.67. The summed E-state index contributed by atoms with van der Waals surface area (Å²) in [6.07, 6.45) is 1.66. The molecule has 162 valence electrons. The summed E-state index contributed by atoms with van der Waals surface area (Å²) in [7, 11) is 0. The van der Waals surface area contributed by atoms with Gasteiger partial charge in [-0.2, -0.15) is 0 Å². The Morgan fingerprint density at radius 2 is 2.16 bits per heavy atom. The fourth-order valence-electron chi connectivity index (χ4n) is 3.95. The highest BCUT2D eigenvalue weighted by molar-refractivity contribution is 7.17. The van der Waals surface area contributed by atoms with Crippen LogP contribution in [0.25, 0.3) is 10.2 Å². The van der Waals surface area contributed by atoms with E-state index in [0.29, 0.717) is 35.7 Å². The Kier molecular flexibility index (Phi) is 6.15. The molecule has 2 N–H and O–H groups in total. The number of H-pyrrole nitrogens is 1. The minimum absolute atomic E-state index is 0.0260. The maximum Gasteiger partial charge on any atom is 0.268 e. The second kappa shape index (κ2) is 8.99. The number of hydrogen-bond acceptors (Lipinski definition) is 6. The number of nitrogens with zero attached hydrogens (tertiary/aromatic N) is 3. The first-order chi connectivity index (χ1) is 14.9. The Morgan fingerprint density at radius 1 is 1.32 bits per heavy atom. The Bertz CT molecular complexity index is 1190. The van der Waals surface area contributed by atoms with Crippen LogP contribution < -0.4 is 15.8 Å². The second-order valence-electron chi connectivity index (χ2n) is 7.67. The summed E-state index contributed by atoms with van der Waals surface area (Å²) < 4.78 is 0.614. The van der Waals surface area contributed by atoms with E-state index in [1.807, 2.05) is 41.5 Å². The van der Waals surface area contributed by atoms with Gasteiger partial charge in [-0.15, -0.1) is 11.3 Å². The van der Waals surface area contributed by atoms with Gasteiger partial charge in [-0.1, -0.05) is 6.92 Å². The van der Waals surface area contributed by atoms with E-state index >= 15 is 0 Å². The monoisotopic (exact) mass is 439 g/mol. The van der Waals surface area contributed by atoms with Crippen LogP contribution in [-0.2, 0) is 22.6 Å². The lowest BCUT2D eigenvalue weighted by molar-refractivity contribution is -0.118. The number of carbonyl (C=O) groups is 2. The predicted molar refractivity (Wildman–Crippen MR) is 123 cm³/mol. The van der Waals surface area contributed by atoms with Gasteiger partial charge in [0.15, 0.2) is 0 Å². The van der Waals surface area contributed by atoms with E-state index in [1.54, 1.807) is 11.8 Å². The topological polar surface area (TPSA) is 98.4 Å². The Hall–Kier alpha value is -3.04. The second-order valence-corrected chi connectivity index (χ2v) is 8.59. The summed E-state index contributed by atoms with van der Waals surface area (Å²) in [5, 5.41) is 4.80. The lowest BCUT2D eigenvalue weighted by Gasteiger charge is -2.20. The summed E-state index contributed by atoms with van der Waals surface area (Å²) in [4.78, 5) is 47.7. The molecule has 31 heavy (non-hydrogen) atoms. The van der Waals surface area contributed by atoms with E-state index in [-0.39, 0.29) is 23.9 Å². The largest absolute Gasteiger partial charge is 0.325 e. The van der Waals surface area contributed by atoms with Gasteiger partial charge in [0.2, 0.25) is 11.8 Å². The zero-order chi connectivity index (χ0) is 22.0. The van der Waals surface area contributed by atoms with Crippen LogP contribution >= 0.6 is 11.3 Å². The van der Waals surface area contributed by atoms with Crippen LogP contribution in [0.2, 0.25) is 0 Å². The number of aromatic nitrogens is 2. The van der Waals surface area contributed by atoms with Crippen LogP contribution in [0.15, 0.2) is 34.4 Å². The van der Waals surface area contributed by atoms with E-state index < -0.39 is 0 Å². The SMILES string of the molecule is CCCN(CC(=O)Nc1ccc2c(c1)CCN2C(C)=O)Cc1nc2ccsc2c(=O)[nH]1. The molecule has 0 spiro atoms. The number of fused-ring (bicyclic) bond motifs is 2. The van der Waals surface area contributed by atoms with Gasteiger partial charge >= 0.3 is 0 Å². The highest BCUT2D eigenvalue weighted by atomic mass is 32.1. The summed E-state index contributed by atoms with van der Waals surface area (Å²) >= 11 is 1.37. The molecular weight excluding hydrogens is 414 g/mol. The molecule has 9 heteroatoms. The van der Waals surface area contributed by atoms with Gasteiger partial charge in [0.05, 0.1) is 18.6 Å². The number of anilines is 2. The molecular formula is C22H25N5O3S. The van der Waals surface area contributed by atoms with Crippen LogP contribution in [0.5, 0.6) is 0 Å². The quantitative estimate of drug-likeness (QED) is 0.590. The molecule has 0 saturated heterocycles. The standard InChI is InChI=1S/C22H25N5O3S/c1-3-8-26(12-19-24-17-7-10-31-21(17)22(30)25-19)13-20(29)23-16-4-5-18-15(11-16)6-9-27(18)14(2)28/h4-5,7,10-11H,3,6,8-9,12-13H2,1-2H3,(H,23,29)(H,24,25,30). The third-order valence-electron chi connectivity index (χ3n) is 5.28. The van der Waals surface area contributed by atoms with Crippen molar-refractivity contribution in [3.8, 4) is 0 Å². The first-order valence-electron chi connectivity index (χ1n) is 10.3. The molecule has 0 radical (unpaired) electrons. The number of benzene rings is 1. The predicted octanol–water partition coefficient (Wildman–Crippen LogP) is 2.74. The highest BCUT2D eigenvalue weighted by Gasteiger charge is 2.22. The molecule has 0 saturated carbocycles.